The zero-order chi connectivity index (χ0) is 20.3. The minimum Gasteiger partial charge on any atom is -0.495 e. The molecule has 0 aliphatic heterocycles. The van der Waals surface area contributed by atoms with Gasteiger partial charge in [0.2, 0.25) is 0 Å². The molecule has 0 N–H and O–H groups in total. The Morgan fingerprint density at radius 3 is 2.34 bits per heavy atom. The number of aromatic nitrogens is 1. The van der Waals surface area contributed by atoms with Crippen molar-refractivity contribution in [2.45, 2.75) is 0 Å². The number of nitrogens with zero attached hydrogens (tertiary/aromatic N) is 3. The molecule has 0 saturated heterocycles. The number of ether oxygens (including phenoxy) is 2. The predicted octanol–water partition coefficient (Wildman–Crippen LogP) is 4.60. The number of amides is 1. The summed E-state index contributed by atoms with van der Waals surface area (Å²) in [4.78, 5) is 21.7. The van der Waals surface area contributed by atoms with Gasteiger partial charge in [0.25, 0.3) is 5.91 Å². The molecule has 3 aromatic rings. The van der Waals surface area contributed by atoms with Crippen LogP contribution < -0.4 is 14.4 Å². The Kier molecular flexibility index (Phi) is 8.10. The summed E-state index contributed by atoms with van der Waals surface area (Å²) in [5.74, 6) is 1.14. The summed E-state index contributed by atoms with van der Waals surface area (Å²) in [6.45, 7) is 1.15. The van der Waals surface area contributed by atoms with Gasteiger partial charge in [0.15, 0.2) is 5.13 Å². The van der Waals surface area contributed by atoms with E-state index in [1.54, 1.807) is 43.4 Å². The smallest absolute Gasteiger partial charge is 0.261 e. The second-order valence-corrected chi connectivity index (χ2v) is 7.77. The highest BCUT2D eigenvalue weighted by Crippen LogP contribution is 2.40. The van der Waals surface area contributed by atoms with Crippen molar-refractivity contribution in [1.29, 1.82) is 0 Å². The number of carbonyl (C=O) groups excluding carboxylic acids is 1. The van der Waals surface area contributed by atoms with Gasteiger partial charge < -0.3 is 14.4 Å². The minimum absolute atomic E-state index is 0. The maximum atomic E-state index is 13.3. The SMILES string of the molecule is COc1ccc(OC)c2sc(N(CCN(C)C)C(=O)c3ccccc3Cl)nc12.Cl. The Bertz CT molecular complexity index is 953. The van der Waals surface area contributed by atoms with Crippen molar-refractivity contribution in [1.82, 2.24) is 9.88 Å². The molecule has 0 aliphatic rings. The molecular weight excluding hydrogens is 433 g/mol. The molecule has 0 spiro atoms. The summed E-state index contributed by atoms with van der Waals surface area (Å²) < 4.78 is 11.7. The number of carbonyl (C=O) groups is 1. The quantitative estimate of drug-likeness (QED) is 0.520. The molecular formula is C20H23Cl2N3O3S. The average Bonchev–Trinajstić information content (AvgIpc) is 3.12. The van der Waals surface area contributed by atoms with Crippen LogP contribution in [-0.4, -0.2) is 57.2 Å². The third kappa shape index (κ3) is 4.93. The van der Waals surface area contributed by atoms with Crippen molar-refractivity contribution in [2.75, 3.05) is 46.3 Å². The molecule has 0 bridgehead atoms. The summed E-state index contributed by atoms with van der Waals surface area (Å²) in [5.41, 5.74) is 1.12. The third-order valence-electron chi connectivity index (χ3n) is 4.25. The fraction of sp³-hybridized carbons (Fsp3) is 0.300. The number of fused-ring (bicyclic) bond motifs is 1. The molecule has 1 amide bonds. The molecule has 3 rings (SSSR count). The summed E-state index contributed by atoms with van der Waals surface area (Å²) in [7, 11) is 7.13. The van der Waals surface area contributed by atoms with Gasteiger partial charge in [-0.3, -0.25) is 9.69 Å². The van der Waals surface area contributed by atoms with Gasteiger partial charge in [0, 0.05) is 13.1 Å². The van der Waals surface area contributed by atoms with Crippen LogP contribution >= 0.6 is 35.3 Å². The average molecular weight is 456 g/mol. The van der Waals surface area contributed by atoms with Gasteiger partial charge in [0.05, 0.1) is 24.8 Å². The van der Waals surface area contributed by atoms with Crippen LogP contribution in [0, 0.1) is 0 Å². The third-order valence-corrected chi connectivity index (χ3v) is 5.67. The number of hydrogen-bond donors (Lipinski definition) is 0. The van der Waals surface area contributed by atoms with Crippen LogP contribution in [0.15, 0.2) is 36.4 Å². The summed E-state index contributed by atoms with van der Waals surface area (Å²) in [6.07, 6.45) is 0. The Balaban J connectivity index is 0.00000300. The largest absolute Gasteiger partial charge is 0.495 e. The van der Waals surface area contributed by atoms with E-state index in [0.29, 0.717) is 45.8 Å². The van der Waals surface area contributed by atoms with Crippen molar-refractivity contribution in [3.8, 4) is 11.5 Å². The number of benzene rings is 2. The van der Waals surface area contributed by atoms with Crippen LogP contribution in [0.2, 0.25) is 5.02 Å². The van der Waals surface area contributed by atoms with Gasteiger partial charge in [-0.2, -0.15) is 0 Å². The lowest BCUT2D eigenvalue weighted by molar-refractivity contribution is 0.0985. The van der Waals surface area contributed by atoms with Gasteiger partial charge >= 0.3 is 0 Å². The minimum atomic E-state index is -0.190. The zero-order valence-corrected chi connectivity index (χ0v) is 19.0. The first-order valence-corrected chi connectivity index (χ1v) is 9.88. The highest BCUT2D eigenvalue weighted by atomic mass is 35.5. The summed E-state index contributed by atoms with van der Waals surface area (Å²) in [5, 5.41) is 0.989. The van der Waals surface area contributed by atoms with E-state index < -0.39 is 0 Å². The van der Waals surface area contributed by atoms with Crippen LogP contribution in [0.1, 0.15) is 10.4 Å². The number of thiazole rings is 1. The first kappa shape index (κ1) is 23.2. The Morgan fingerprint density at radius 2 is 1.72 bits per heavy atom. The second-order valence-electron chi connectivity index (χ2n) is 6.38. The first-order chi connectivity index (χ1) is 13.5. The van der Waals surface area contributed by atoms with Crippen LogP contribution in [0.4, 0.5) is 5.13 Å². The van der Waals surface area contributed by atoms with Crippen molar-refractivity contribution < 1.29 is 14.3 Å². The molecule has 9 heteroatoms. The van der Waals surface area contributed by atoms with Crippen LogP contribution in [-0.2, 0) is 0 Å². The van der Waals surface area contributed by atoms with E-state index in [4.69, 9.17) is 26.1 Å². The highest BCUT2D eigenvalue weighted by molar-refractivity contribution is 7.22. The fourth-order valence-corrected chi connectivity index (χ4v) is 4.07. The number of likely N-dealkylation sites (N-methyl/N-ethyl adjacent to an activating group) is 1. The maximum Gasteiger partial charge on any atom is 0.261 e. The Labute approximate surface area is 185 Å². The molecule has 0 aliphatic carbocycles. The van der Waals surface area contributed by atoms with E-state index in [0.717, 1.165) is 4.70 Å². The number of halogens is 2. The number of anilines is 1. The lowest BCUT2D eigenvalue weighted by atomic mass is 10.2. The van der Waals surface area contributed by atoms with Crippen LogP contribution in [0.3, 0.4) is 0 Å². The van der Waals surface area contributed by atoms with E-state index in [2.05, 4.69) is 0 Å². The first-order valence-electron chi connectivity index (χ1n) is 8.69. The molecule has 0 radical (unpaired) electrons. The van der Waals surface area contributed by atoms with Crippen molar-refractivity contribution in [3.05, 3.63) is 47.0 Å². The maximum absolute atomic E-state index is 13.3. The van der Waals surface area contributed by atoms with Gasteiger partial charge in [-0.15, -0.1) is 12.4 Å². The van der Waals surface area contributed by atoms with E-state index >= 15 is 0 Å². The van der Waals surface area contributed by atoms with Crippen molar-refractivity contribution >= 4 is 56.6 Å². The van der Waals surface area contributed by atoms with Crippen LogP contribution in [0.5, 0.6) is 11.5 Å². The van der Waals surface area contributed by atoms with Crippen LogP contribution in [0.25, 0.3) is 10.2 Å². The molecule has 156 valence electrons. The number of hydrogen-bond acceptors (Lipinski definition) is 6. The van der Waals surface area contributed by atoms with E-state index in [1.807, 2.05) is 31.1 Å². The van der Waals surface area contributed by atoms with Crippen molar-refractivity contribution in [2.24, 2.45) is 0 Å². The topological polar surface area (TPSA) is 54.9 Å². The second kappa shape index (κ2) is 10.1. The van der Waals surface area contributed by atoms with E-state index in [1.165, 1.54) is 11.3 Å². The van der Waals surface area contributed by atoms with E-state index in [-0.39, 0.29) is 18.3 Å². The Morgan fingerprint density at radius 1 is 1.07 bits per heavy atom. The lowest BCUT2D eigenvalue weighted by Gasteiger charge is -2.22. The lowest BCUT2D eigenvalue weighted by Crippen LogP contribution is -2.36. The van der Waals surface area contributed by atoms with Gasteiger partial charge in [-0.25, -0.2) is 4.98 Å². The molecule has 29 heavy (non-hydrogen) atoms. The standard InChI is InChI=1S/C20H22ClN3O3S.ClH/c1-23(2)11-12-24(19(25)13-7-5-6-8-14(13)21)20-22-17-15(26-3)9-10-16(27-4)18(17)28-20;/h5-10H,11-12H2,1-4H3;1H. The summed E-state index contributed by atoms with van der Waals surface area (Å²) in [6, 6.07) is 10.7. The highest BCUT2D eigenvalue weighted by Gasteiger charge is 2.24. The van der Waals surface area contributed by atoms with Gasteiger partial charge in [-0.05, 0) is 38.4 Å². The molecule has 0 unspecified atom stereocenters. The number of rotatable bonds is 7. The Hall–Kier alpha value is -2.06. The van der Waals surface area contributed by atoms with Gasteiger partial charge in [-0.1, -0.05) is 35.1 Å². The molecule has 1 aromatic heterocycles. The van der Waals surface area contributed by atoms with Gasteiger partial charge in [0.1, 0.15) is 21.7 Å². The normalized spacial score (nSPS) is 10.7. The summed E-state index contributed by atoms with van der Waals surface area (Å²) >= 11 is 7.67. The predicted molar refractivity (Wildman–Crippen MR) is 122 cm³/mol. The molecule has 1 heterocycles. The molecule has 0 saturated carbocycles. The molecule has 2 aromatic carbocycles. The van der Waals surface area contributed by atoms with E-state index in [9.17, 15) is 4.79 Å². The number of methoxy groups -OCH3 is 2. The molecule has 0 fully saturated rings. The fourth-order valence-electron chi connectivity index (χ4n) is 2.75. The molecule has 0 atom stereocenters. The zero-order valence-electron chi connectivity index (χ0n) is 16.6. The molecule has 6 nitrogen and oxygen atoms in total. The monoisotopic (exact) mass is 455 g/mol. The van der Waals surface area contributed by atoms with Crippen molar-refractivity contribution in [3.63, 3.8) is 0 Å².